The maximum absolute atomic E-state index is 3.52. The van der Waals surface area contributed by atoms with Gasteiger partial charge in [0.2, 0.25) is 0 Å². The van der Waals surface area contributed by atoms with Crippen molar-refractivity contribution in [3.05, 3.63) is 22.4 Å². The van der Waals surface area contributed by atoms with Gasteiger partial charge in [-0.2, -0.15) is 11.3 Å². The van der Waals surface area contributed by atoms with Crippen molar-refractivity contribution in [1.82, 2.24) is 10.2 Å². The molecule has 1 aromatic heterocycles. The van der Waals surface area contributed by atoms with Gasteiger partial charge in [-0.25, -0.2) is 0 Å². The molecular formula is C14H24N2S. The first kappa shape index (κ1) is 13.1. The third kappa shape index (κ3) is 4.41. The second-order valence-corrected chi connectivity index (χ2v) is 5.86. The van der Waals surface area contributed by atoms with Gasteiger partial charge in [0.1, 0.15) is 0 Å². The van der Waals surface area contributed by atoms with E-state index in [9.17, 15) is 0 Å². The molecule has 17 heavy (non-hydrogen) atoms. The Balaban J connectivity index is 1.83. The summed E-state index contributed by atoms with van der Waals surface area (Å²) in [6, 6.07) is 2.26. The average Bonchev–Trinajstić information content (AvgIpc) is 2.83. The van der Waals surface area contributed by atoms with E-state index in [0.717, 1.165) is 12.5 Å². The van der Waals surface area contributed by atoms with Gasteiger partial charge in [-0.05, 0) is 67.2 Å². The number of thiophene rings is 1. The monoisotopic (exact) mass is 252 g/mol. The van der Waals surface area contributed by atoms with E-state index in [1.165, 1.54) is 51.0 Å². The predicted molar refractivity (Wildman–Crippen MR) is 75.5 cm³/mol. The van der Waals surface area contributed by atoms with Crippen molar-refractivity contribution < 1.29 is 0 Å². The van der Waals surface area contributed by atoms with Crippen LogP contribution in [0.25, 0.3) is 0 Å². The highest BCUT2D eigenvalue weighted by Gasteiger charge is 2.16. The summed E-state index contributed by atoms with van der Waals surface area (Å²) in [6.45, 7) is 8.33. The summed E-state index contributed by atoms with van der Waals surface area (Å²) < 4.78 is 0. The molecule has 0 amide bonds. The number of nitrogens with zero attached hydrogens (tertiary/aromatic N) is 1. The lowest BCUT2D eigenvalue weighted by Gasteiger charge is -2.29. The Morgan fingerprint density at radius 2 is 2.47 bits per heavy atom. The number of rotatable bonds is 6. The molecule has 1 atom stereocenters. The Kier molecular flexibility index (Phi) is 5.49. The summed E-state index contributed by atoms with van der Waals surface area (Å²) in [5, 5.41) is 7.98. The normalized spacial score (nSPS) is 20.9. The summed E-state index contributed by atoms with van der Waals surface area (Å²) in [4.78, 5) is 2.62. The van der Waals surface area contributed by atoms with E-state index in [0.29, 0.717) is 0 Å². The molecule has 0 aromatic carbocycles. The Hall–Kier alpha value is -0.380. The minimum Gasteiger partial charge on any atom is -0.316 e. The molecule has 1 saturated heterocycles. The molecule has 1 N–H and O–H groups in total. The molecule has 1 unspecified atom stereocenters. The van der Waals surface area contributed by atoms with Crippen LogP contribution in [-0.4, -0.2) is 31.1 Å². The van der Waals surface area contributed by atoms with Gasteiger partial charge in [0.25, 0.3) is 0 Å². The van der Waals surface area contributed by atoms with E-state index < -0.39 is 0 Å². The molecule has 1 aliphatic rings. The molecule has 2 heterocycles. The number of nitrogens with one attached hydrogen (secondary N) is 1. The van der Waals surface area contributed by atoms with Crippen LogP contribution in [0.4, 0.5) is 0 Å². The van der Waals surface area contributed by atoms with Crippen LogP contribution in [0.2, 0.25) is 0 Å². The zero-order valence-corrected chi connectivity index (χ0v) is 11.6. The van der Waals surface area contributed by atoms with E-state index in [-0.39, 0.29) is 0 Å². The first-order valence-corrected chi connectivity index (χ1v) is 7.77. The number of piperidine rings is 1. The van der Waals surface area contributed by atoms with Crippen molar-refractivity contribution in [3.8, 4) is 0 Å². The van der Waals surface area contributed by atoms with Crippen molar-refractivity contribution in [2.24, 2.45) is 5.92 Å². The van der Waals surface area contributed by atoms with Gasteiger partial charge < -0.3 is 5.32 Å². The second kappa shape index (κ2) is 7.14. The fourth-order valence-electron chi connectivity index (χ4n) is 2.64. The smallest absolute Gasteiger partial charge is 0.0242 e. The van der Waals surface area contributed by atoms with E-state index in [4.69, 9.17) is 0 Å². The van der Waals surface area contributed by atoms with Crippen LogP contribution in [-0.2, 0) is 6.54 Å². The third-order valence-corrected chi connectivity index (χ3v) is 4.17. The van der Waals surface area contributed by atoms with Crippen molar-refractivity contribution in [2.45, 2.75) is 32.7 Å². The van der Waals surface area contributed by atoms with Crippen LogP contribution in [0.1, 0.15) is 31.7 Å². The molecule has 0 radical (unpaired) electrons. The molecule has 0 aliphatic carbocycles. The minimum absolute atomic E-state index is 0.855. The van der Waals surface area contributed by atoms with Crippen LogP contribution in [0.3, 0.4) is 0 Å². The molecule has 0 saturated carbocycles. The molecule has 3 heteroatoms. The van der Waals surface area contributed by atoms with Gasteiger partial charge in [-0.15, -0.1) is 0 Å². The van der Waals surface area contributed by atoms with Gasteiger partial charge >= 0.3 is 0 Å². The van der Waals surface area contributed by atoms with Crippen LogP contribution < -0.4 is 5.32 Å². The largest absolute Gasteiger partial charge is 0.316 e. The molecule has 1 fully saturated rings. The average molecular weight is 252 g/mol. The Labute approximate surface area is 109 Å². The molecule has 1 aromatic rings. The zero-order chi connectivity index (χ0) is 11.9. The highest BCUT2D eigenvalue weighted by molar-refractivity contribution is 7.07. The molecular weight excluding hydrogens is 228 g/mol. The van der Waals surface area contributed by atoms with Gasteiger partial charge in [0, 0.05) is 13.1 Å². The summed E-state index contributed by atoms with van der Waals surface area (Å²) in [7, 11) is 0. The fraction of sp³-hybridized carbons (Fsp3) is 0.714. The van der Waals surface area contributed by atoms with Gasteiger partial charge in [0.15, 0.2) is 0 Å². The van der Waals surface area contributed by atoms with E-state index >= 15 is 0 Å². The Morgan fingerprint density at radius 1 is 1.53 bits per heavy atom. The Bertz CT molecular complexity index is 291. The molecule has 2 rings (SSSR count). The first-order valence-electron chi connectivity index (χ1n) is 6.82. The standard InChI is InChI=1S/C14H24N2S/c1-2-7-16(11-14-5-8-17-12-14)10-13-4-3-6-15-9-13/h5,8,12-13,15H,2-4,6-7,9-11H2,1H3. The fourth-order valence-corrected chi connectivity index (χ4v) is 3.30. The minimum atomic E-state index is 0.855. The van der Waals surface area contributed by atoms with E-state index in [2.05, 4.69) is 34.0 Å². The van der Waals surface area contributed by atoms with Gasteiger partial charge in [0.05, 0.1) is 0 Å². The molecule has 0 spiro atoms. The molecule has 2 nitrogen and oxygen atoms in total. The lowest BCUT2D eigenvalue weighted by Crippen LogP contribution is -2.38. The molecule has 1 aliphatic heterocycles. The van der Waals surface area contributed by atoms with Gasteiger partial charge in [-0.1, -0.05) is 6.92 Å². The maximum Gasteiger partial charge on any atom is 0.0242 e. The van der Waals surface area contributed by atoms with E-state index in [1.807, 2.05) is 0 Å². The quantitative estimate of drug-likeness (QED) is 0.837. The second-order valence-electron chi connectivity index (χ2n) is 5.08. The number of hydrogen-bond acceptors (Lipinski definition) is 3. The molecule has 0 bridgehead atoms. The summed E-state index contributed by atoms with van der Waals surface area (Å²) in [5.41, 5.74) is 1.48. The molecule has 96 valence electrons. The van der Waals surface area contributed by atoms with Crippen LogP contribution in [0, 0.1) is 5.92 Å². The zero-order valence-electron chi connectivity index (χ0n) is 10.8. The van der Waals surface area contributed by atoms with Crippen LogP contribution in [0.15, 0.2) is 16.8 Å². The Morgan fingerprint density at radius 3 is 3.12 bits per heavy atom. The summed E-state index contributed by atoms with van der Waals surface area (Å²) in [6.07, 6.45) is 4.00. The third-order valence-electron chi connectivity index (χ3n) is 3.44. The van der Waals surface area contributed by atoms with Crippen molar-refractivity contribution in [2.75, 3.05) is 26.2 Å². The first-order chi connectivity index (χ1) is 8.38. The van der Waals surface area contributed by atoms with Crippen molar-refractivity contribution in [1.29, 1.82) is 0 Å². The van der Waals surface area contributed by atoms with Crippen LogP contribution >= 0.6 is 11.3 Å². The lowest BCUT2D eigenvalue weighted by molar-refractivity contribution is 0.201. The highest BCUT2D eigenvalue weighted by atomic mass is 32.1. The summed E-state index contributed by atoms with van der Waals surface area (Å²) >= 11 is 1.81. The maximum atomic E-state index is 3.52. The SMILES string of the molecule is CCCN(Cc1ccsc1)CC1CCCNC1. The predicted octanol–water partition coefficient (Wildman–Crippen LogP) is 2.96. The summed E-state index contributed by atoms with van der Waals surface area (Å²) in [5.74, 6) is 0.855. The van der Waals surface area contributed by atoms with Crippen LogP contribution in [0.5, 0.6) is 0 Å². The highest BCUT2D eigenvalue weighted by Crippen LogP contribution is 2.15. The van der Waals surface area contributed by atoms with E-state index in [1.54, 1.807) is 11.3 Å². The van der Waals surface area contributed by atoms with Crippen molar-refractivity contribution in [3.63, 3.8) is 0 Å². The topological polar surface area (TPSA) is 15.3 Å². The number of hydrogen-bond donors (Lipinski definition) is 1. The van der Waals surface area contributed by atoms with Gasteiger partial charge in [-0.3, -0.25) is 4.90 Å². The lowest BCUT2D eigenvalue weighted by atomic mass is 9.99. The van der Waals surface area contributed by atoms with Crippen molar-refractivity contribution >= 4 is 11.3 Å².